The molecule has 74 valence electrons. The molecule has 0 atom stereocenters. The van der Waals surface area contributed by atoms with Gasteiger partial charge in [0.25, 0.3) is 0 Å². The molecule has 14 heavy (non-hydrogen) atoms. The summed E-state index contributed by atoms with van der Waals surface area (Å²) in [5, 5.41) is 11.5. The molecule has 1 aromatic heterocycles. The lowest BCUT2D eigenvalue weighted by molar-refractivity contribution is 0.478. The molecule has 0 saturated carbocycles. The van der Waals surface area contributed by atoms with Crippen molar-refractivity contribution in [3.63, 3.8) is 0 Å². The molecule has 1 heterocycles. The topological polar surface area (TPSA) is 46.2 Å². The van der Waals surface area contributed by atoms with Crippen LogP contribution in [0.1, 0.15) is 0 Å². The highest BCUT2D eigenvalue weighted by Gasteiger charge is 2.07. The summed E-state index contributed by atoms with van der Waals surface area (Å²) in [5.74, 6) is 0.238. The minimum absolute atomic E-state index is 0. The summed E-state index contributed by atoms with van der Waals surface area (Å²) in [6.45, 7) is 0. The summed E-state index contributed by atoms with van der Waals surface area (Å²) in [6, 6.07) is 9.05. The zero-order valence-electron chi connectivity index (χ0n) is 7.31. The number of rotatable bonds is 1. The molecule has 0 radical (unpaired) electrons. The van der Waals surface area contributed by atoms with Crippen molar-refractivity contribution in [3.8, 4) is 16.2 Å². The van der Waals surface area contributed by atoms with E-state index in [0.29, 0.717) is 5.69 Å². The Balaban J connectivity index is 0.000000980. The van der Waals surface area contributed by atoms with E-state index in [0.717, 1.165) is 10.4 Å². The van der Waals surface area contributed by atoms with Crippen LogP contribution in [0.15, 0.2) is 35.7 Å². The molecule has 0 aliphatic carbocycles. The first kappa shape index (κ1) is 10.9. The first-order valence-electron chi connectivity index (χ1n) is 3.90. The Morgan fingerprint density at radius 1 is 1.14 bits per heavy atom. The smallest absolute Gasteiger partial charge is 0.126 e. The zero-order valence-corrected chi connectivity index (χ0v) is 8.94. The van der Waals surface area contributed by atoms with Gasteiger partial charge in [0.1, 0.15) is 5.75 Å². The summed E-state index contributed by atoms with van der Waals surface area (Å²) in [7, 11) is 0. The number of hydrogen-bond donors (Lipinski definition) is 2. The van der Waals surface area contributed by atoms with Gasteiger partial charge in [0, 0.05) is 10.6 Å². The van der Waals surface area contributed by atoms with E-state index >= 15 is 0 Å². The average Bonchev–Trinajstić information content (AvgIpc) is 2.57. The third-order valence-corrected chi connectivity index (χ3v) is 2.73. The quantitative estimate of drug-likeness (QED) is 0.736. The van der Waals surface area contributed by atoms with E-state index in [9.17, 15) is 5.11 Å². The van der Waals surface area contributed by atoms with Crippen LogP contribution in [0.5, 0.6) is 5.75 Å². The molecule has 0 aliphatic heterocycles. The maximum Gasteiger partial charge on any atom is 0.126 e. The molecule has 0 saturated heterocycles. The van der Waals surface area contributed by atoms with E-state index in [2.05, 4.69) is 0 Å². The highest BCUT2D eigenvalue weighted by atomic mass is 35.5. The number of thiophene rings is 1. The van der Waals surface area contributed by atoms with Gasteiger partial charge in [0.15, 0.2) is 0 Å². The number of anilines is 1. The number of hydrogen-bond acceptors (Lipinski definition) is 3. The van der Waals surface area contributed by atoms with Crippen LogP contribution in [0.25, 0.3) is 10.4 Å². The Morgan fingerprint density at radius 3 is 2.50 bits per heavy atom. The predicted octanol–water partition coefficient (Wildman–Crippen LogP) is 3.12. The van der Waals surface area contributed by atoms with Gasteiger partial charge in [-0.3, -0.25) is 0 Å². The standard InChI is InChI=1S/C10H9NOS.ClH/c11-7-3-1-4-8(12)10(7)9-5-2-6-13-9;/h1-6,12H,11H2;1H. The van der Waals surface area contributed by atoms with Crippen LogP contribution in [0.3, 0.4) is 0 Å². The molecule has 0 bridgehead atoms. The van der Waals surface area contributed by atoms with Crippen LogP contribution in [-0.4, -0.2) is 5.11 Å². The van der Waals surface area contributed by atoms with Crippen molar-refractivity contribution in [2.45, 2.75) is 0 Å². The third-order valence-electron chi connectivity index (χ3n) is 1.84. The summed E-state index contributed by atoms with van der Waals surface area (Å²) < 4.78 is 0. The van der Waals surface area contributed by atoms with Crippen LogP contribution in [0.2, 0.25) is 0 Å². The van der Waals surface area contributed by atoms with Gasteiger partial charge >= 0.3 is 0 Å². The summed E-state index contributed by atoms with van der Waals surface area (Å²) in [4.78, 5) is 0.996. The number of benzene rings is 1. The molecular formula is C10H10ClNOS. The van der Waals surface area contributed by atoms with E-state index in [1.165, 1.54) is 0 Å². The van der Waals surface area contributed by atoms with Crippen molar-refractivity contribution in [3.05, 3.63) is 35.7 Å². The number of halogens is 1. The monoisotopic (exact) mass is 227 g/mol. The van der Waals surface area contributed by atoms with Gasteiger partial charge in [0.2, 0.25) is 0 Å². The van der Waals surface area contributed by atoms with E-state index in [-0.39, 0.29) is 18.2 Å². The van der Waals surface area contributed by atoms with Crippen molar-refractivity contribution in [2.24, 2.45) is 0 Å². The van der Waals surface area contributed by atoms with E-state index < -0.39 is 0 Å². The van der Waals surface area contributed by atoms with Gasteiger partial charge < -0.3 is 10.8 Å². The Bertz CT molecular complexity index is 394. The van der Waals surface area contributed by atoms with Crippen molar-refractivity contribution in [2.75, 3.05) is 5.73 Å². The second kappa shape index (κ2) is 4.35. The van der Waals surface area contributed by atoms with Crippen molar-refractivity contribution >= 4 is 29.4 Å². The van der Waals surface area contributed by atoms with Crippen molar-refractivity contribution in [1.29, 1.82) is 0 Å². The van der Waals surface area contributed by atoms with Crippen LogP contribution in [0.4, 0.5) is 5.69 Å². The Kier molecular flexibility index (Phi) is 3.38. The van der Waals surface area contributed by atoms with Gasteiger partial charge in [-0.05, 0) is 23.6 Å². The molecule has 4 heteroatoms. The van der Waals surface area contributed by atoms with E-state index in [1.807, 2.05) is 17.5 Å². The molecule has 1 aromatic carbocycles. The second-order valence-corrected chi connectivity index (χ2v) is 3.67. The van der Waals surface area contributed by atoms with Crippen LogP contribution < -0.4 is 5.73 Å². The molecule has 3 N–H and O–H groups in total. The Hall–Kier alpha value is -1.19. The minimum Gasteiger partial charge on any atom is -0.507 e. The number of phenolic OH excluding ortho intramolecular Hbond substituents is 1. The van der Waals surface area contributed by atoms with Gasteiger partial charge in [0.05, 0.1) is 5.56 Å². The van der Waals surface area contributed by atoms with Crippen LogP contribution in [0, 0.1) is 0 Å². The van der Waals surface area contributed by atoms with Crippen LogP contribution in [-0.2, 0) is 0 Å². The third kappa shape index (κ3) is 1.84. The molecule has 0 unspecified atom stereocenters. The SMILES string of the molecule is Cl.Nc1cccc(O)c1-c1cccs1. The Morgan fingerprint density at radius 2 is 1.93 bits per heavy atom. The summed E-state index contributed by atoms with van der Waals surface area (Å²) in [5.41, 5.74) is 7.11. The van der Waals surface area contributed by atoms with Crippen molar-refractivity contribution in [1.82, 2.24) is 0 Å². The second-order valence-electron chi connectivity index (χ2n) is 2.72. The molecule has 0 spiro atoms. The fraction of sp³-hybridized carbons (Fsp3) is 0. The number of aromatic hydroxyl groups is 1. The van der Waals surface area contributed by atoms with E-state index in [4.69, 9.17) is 5.73 Å². The first-order valence-corrected chi connectivity index (χ1v) is 4.78. The zero-order chi connectivity index (χ0) is 9.26. The average molecular weight is 228 g/mol. The normalized spacial score (nSPS) is 9.43. The maximum atomic E-state index is 9.59. The molecule has 2 rings (SSSR count). The van der Waals surface area contributed by atoms with Crippen molar-refractivity contribution < 1.29 is 5.11 Å². The van der Waals surface area contributed by atoms with Gasteiger partial charge in [-0.1, -0.05) is 12.1 Å². The fourth-order valence-corrected chi connectivity index (χ4v) is 2.05. The highest BCUT2D eigenvalue weighted by Crippen LogP contribution is 2.36. The number of nitrogen functional groups attached to an aromatic ring is 1. The highest BCUT2D eigenvalue weighted by molar-refractivity contribution is 7.13. The predicted molar refractivity (Wildman–Crippen MR) is 63.1 cm³/mol. The number of phenols is 1. The molecule has 0 amide bonds. The summed E-state index contributed by atoms with van der Waals surface area (Å²) >= 11 is 1.56. The molecular weight excluding hydrogens is 218 g/mol. The lowest BCUT2D eigenvalue weighted by Gasteiger charge is -2.04. The largest absolute Gasteiger partial charge is 0.507 e. The minimum atomic E-state index is 0. The van der Waals surface area contributed by atoms with Gasteiger partial charge in [-0.15, -0.1) is 23.7 Å². The lowest BCUT2D eigenvalue weighted by Crippen LogP contribution is -1.87. The molecule has 0 fully saturated rings. The number of nitrogens with two attached hydrogens (primary N) is 1. The van der Waals surface area contributed by atoms with E-state index in [1.54, 1.807) is 29.5 Å². The molecule has 2 nitrogen and oxygen atoms in total. The fourth-order valence-electron chi connectivity index (χ4n) is 1.25. The first-order chi connectivity index (χ1) is 6.29. The lowest BCUT2D eigenvalue weighted by atomic mass is 10.1. The van der Waals surface area contributed by atoms with Gasteiger partial charge in [-0.2, -0.15) is 0 Å². The molecule has 2 aromatic rings. The molecule has 0 aliphatic rings. The summed E-state index contributed by atoms with van der Waals surface area (Å²) in [6.07, 6.45) is 0. The maximum absolute atomic E-state index is 9.59. The Labute approximate surface area is 92.4 Å². The van der Waals surface area contributed by atoms with Crippen LogP contribution >= 0.6 is 23.7 Å². The van der Waals surface area contributed by atoms with Gasteiger partial charge in [-0.25, -0.2) is 0 Å².